The first-order valence-corrected chi connectivity index (χ1v) is 6.66. The summed E-state index contributed by atoms with van der Waals surface area (Å²) in [7, 11) is 1.55. The van der Waals surface area contributed by atoms with Crippen LogP contribution in [0.4, 0.5) is 4.39 Å². The maximum absolute atomic E-state index is 14.2. The number of hydrogen-bond donors (Lipinski definition) is 2. The molecule has 5 heteroatoms. The molecule has 1 fully saturated rings. The Kier molecular flexibility index (Phi) is 5.13. The van der Waals surface area contributed by atoms with Gasteiger partial charge in [-0.2, -0.15) is 0 Å². The summed E-state index contributed by atoms with van der Waals surface area (Å²) in [5, 5.41) is 12.6. The molecule has 1 aliphatic heterocycles. The summed E-state index contributed by atoms with van der Waals surface area (Å²) in [5.74, 6) is 0.285. The van der Waals surface area contributed by atoms with Gasteiger partial charge in [-0.1, -0.05) is 6.07 Å². The van der Waals surface area contributed by atoms with E-state index in [1.54, 1.807) is 19.2 Å². The standard InChI is InChI=1S/C14H21FN2O2/c1-19-13-4-2-3-11(15)14(13)12(5-10-18)17-8-6-16-7-9-17/h2-4,12,16,18H,5-10H2,1H3/t12-/m1/s1. The van der Waals surface area contributed by atoms with Crippen LogP contribution in [0, 0.1) is 5.82 Å². The molecule has 0 aromatic heterocycles. The number of methoxy groups -OCH3 is 1. The number of aliphatic hydroxyl groups is 1. The van der Waals surface area contributed by atoms with E-state index in [0.717, 1.165) is 26.2 Å². The van der Waals surface area contributed by atoms with Gasteiger partial charge >= 0.3 is 0 Å². The van der Waals surface area contributed by atoms with Crippen LogP contribution in [0.1, 0.15) is 18.0 Å². The number of halogens is 1. The molecule has 0 amide bonds. The number of rotatable bonds is 5. The molecule has 0 bridgehead atoms. The number of hydrogen-bond acceptors (Lipinski definition) is 4. The van der Waals surface area contributed by atoms with Crippen LogP contribution < -0.4 is 10.1 Å². The van der Waals surface area contributed by atoms with Crippen molar-refractivity contribution in [2.24, 2.45) is 0 Å². The molecule has 0 spiro atoms. The van der Waals surface area contributed by atoms with Crippen LogP contribution in [0.3, 0.4) is 0 Å². The minimum Gasteiger partial charge on any atom is -0.496 e. The van der Waals surface area contributed by atoms with E-state index in [2.05, 4.69) is 10.2 Å². The molecule has 1 aromatic rings. The van der Waals surface area contributed by atoms with E-state index in [1.807, 2.05) is 0 Å². The predicted molar refractivity (Wildman–Crippen MR) is 71.8 cm³/mol. The summed E-state index contributed by atoms with van der Waals surface area (Å²) in [6, 6.07) is 4.73. The predicted octanol–water partition coefficient (Wildman–Crippen LogP) is 1.16. The molecule has 19 heavy (non-hydrogen) atoms. The third-order valence-electron chi connectivity index (χ3n) is 3.56. The zero-order valence-electron chi connectivity index (χ0n) is 11.2. The molecule has 1 aliphatic rings. The quantitative estimate of drug-likeness (QED) is 0.841. The van der Waals surface area contributed by atoms with E-state index >= 15 is 0 Å². The molecule has 1 heterocycles. The van der Waals surface area contributed by atoms with E-state index in [1.165, 1.54) is 6.07 Å². The number of nitrogens with one attached hydrogen (secondary N) is 1. The Hall–Kier alpha value is -1.17. The molecule has 0 saturated carbocycles. The molecule has 0 aliphatic carbocycles. The topological polar surface area (TPSA) is 44.7 Å². The number of aliphatic hydroxyl groups excluding tert-OH is 1. The van der Waals surface area contributed by atoms with Crippen LogP contribution in [-0.4, -0.2) is 49.9 Å². The number of piperazine rings is 1. The highest BCUT2D eigenvalue weighted by Crippen LogP contribution is 2.33. The zero-order valence-corrected chi connectivity index (χ0v) is 11.2. The monoisotopic (exact) mass is 268 g/mol. The summed E-state index contributed by atoms with van der Waals surface area (Å²) in [6.45, 7) is 3.51. The fraction of sp³-hybridized carbons (Fsp3) is 0.571. The molecule has 1 saturated heterocycles. The Bertz CT molecular complexity index is 408. The lowest BCUT2D eigenvalue weighted by atomic mass is 9.99. The van der Waals surface area contributed by atoms with Crippen LogP contribution in [-0.2, 0) is 0 Å². The minimum atomic E-state index is -0.267. The lowest BCUT2D eigenvalue weighted by molar-refractivity contribution is 0.136. The lowest BCUT2D eigenvalue weighted by Crippen LogP contribution is -2.45. The van der Waals surface area contributed by atoms with Gasteiger partial charge in [-0.25, -0.2) is 4.39 Å². The molecular formula is C14H21FN2O2. The van der Waals surface area contributed by atoms with Crippen molar-refractivity contribution in [3.8, 4) is 5.75 Å². The van der Waals surface area contributed by atoms with Crippen LogP contribution in [0.15, 0.2) is 18.2 Å². The molecule has 0 radical (unpaired) electrons. The van der Waals surface area contributed by atoms with Crippen molar-refractivity contribution in [3.05, 3.63) is 29.6 Å². The lowest BCUT2D eigenvalue weighted by Gasteiger charge is -2.35. The number of nitrogens with zero attached hydrogens (tertiary/aromatic N) is 1. The fourth-order valence-electron chi connectivity index (χ4n) is 2.64. The van der Waals surface area contributed by atoms with Crippen molar-refractivity contribution in [2.75, 3.05) is 39.9 Å². The van der Waals surface area contributed by atoms with E-state index < -0.39 is 0 Å². The van der Waals surface area contributed by atoms with Crippen molar-refractivity contribution in [2.45, 2.75) is 12.5 Å². The van der Waals surface area contributed by atoms with Gasteiger partial charge in [0.15, 0.2) is 0 Å². The number of benzene rings is 1. The molecule has 106 valence electrons. The van der Waals surface area contributed by atoms with Gasteiger partial charge in [-0.05, 0) is 18.6 Å². The maximum Gasteiger partial charge on any atom is 0.131 e. The molecule has 0 unspecified atom stereocenters. The normalized spacial score (nSPS) is 18.3. The highest BCUT2D eigenvalue weighted by molar-refractivity contribution is 5.37. The first kappa shape index (κ1) is 14.2. The summed E-state index contributed by atoms with van der Waals surface area (Å²) < 4.78 is 19.4. The van der Waals surface area contributed by atoms with Gasteiger partial charge in [0.05, 0.1) is 7.11 Å². The van der Waals surface area contributed by atoms with Gasteiger partial charge < -0.3 is 15.2 Å². The van der Waals surface area contributed by atoms with E-state index in [0.29, 0.717) is 17.7 Å². The molecule has 1 aromatic carbocycles. The maximum atomic E-state index is 14.2. The Morgan fingerprint density at radius 3 is 2.79 bits per heavy atom. The SMILES string of the molecule is COc1cccc(F)c1[C@@H](CCO)N1CCNCC1. The van der Waals surface area contributed by atoms with Gasteiger partial charge in [0.1, 0.15) is 11.6 Å². The van der Waals surface area contributed by atoms with Crippen molar-refractivity contribution >= 4 is 0 Å². The number of ether oxygens (including phenoxy) is 1. The second kappa shape index (κ2) is 6.84. The Labute approximate surface area is 113 Å². The van der Waals surface area contributed by atoms with Crippen molar-refractivity contribution in [3.63, 3.8) is 0 Å². The fourth-order valence-corrected chi connectivity index (χ4v) is 2.64. The Morgan fingerprint density at radius 1 is 1.42 bits per heavy atom. The van der Waals surface area contributed by atoms with Gasteiger partial charge in [-0.15, -0.1) is 0 Å². The Balaban J connectivity index is 2.32. The highest BCUT2D eigenvalue weighted by atomic mass is 19.1. The molecule has 4 nitrogen and oxygen atoms in total. The van der Waals surface area contributed by atoms with Gasteiger partial charge in [-0.3, -0.25) is 4.90 Å². The third kappa shape index (κ3) is 3.23. The summed E-state index contributed by atoms with van der Waals surface area (Å²) in [6.07, 6.45) is 0.511. The van der Waals surface area contributed by atoms with Crippen molar-refractivity contribution in [1.29, 1.82) is 0 Å². The third-order valence-corrected chi connectivity index (χ3v) is 3.56. The molecular weight excluding hydrogens is 247 g/mol. The molecule has 1 atom stereocenters. The van der Waals surface area contributed by atoms with E-state index in [4.69, 9.17) is 4.74 Å². The second-order valence-electron chi connectivity index (χ2n) is 4.67. The minimum absolute atomic E-state index is 0.0338. The first-order chi connectivity index (χ1) is 9.27. The van der Waals surface area contributed by atoms with Gasteiger partial charge in [0.2, 0.25) is 0 Å². The van der Waals surface area contributed by atoms with Gasteiger partial charge in [0.25, 0.3) is 0 Å². The zero-order chi connectivity index (χ0) is 13.7. The summed E-state index contributed by atoms with van der Waals surface area (Å²) >= 11 is 0. The molecule has 2 N–H and O–H groups in total. The van der Waals surface area contributed by atoms with Gasteiger partial charge in [0, 0.05) is 44.4 Å². The first-order valence-electron chi connectivity index (χ1n) is 6.66. The Morgan fingerprint density at radius 2 is 2.16 bits per heavy atom. The highest BCUT2D eigenvalue weighted by Gasteiger charge is 2.27. The average molecular weight is 268 g/mol. The largest absolute Gasteiger partial charge is 0.496 e. The average Bonchev–Trinajstić information content (AvgIpc) is 2.46. The van der Waals surface area contributed by atoms with Crippen LogP contribution in [0.5, 0.6) is 5.75 Å². The second-order valence-corrected chi connectivity index (χ2v) is 4.67. The van der Waals surface area contributed by atoms with Crippen LogP contribution in [0.2, 0.25) is 0 Å². The molecule has 2 rings (SSSR count). The van der Waals surface area contributed by atoms with E-state index in [9.17, 15) is 9.50 Å². The van der Waals surface area contributed by atoms with Crippen molar-refractivity contribution < 1.29 is 14.2 Å². The van der Waals surface area contributed by atoms with E-state index in [-0.39, 0.29) is 18.5 Å². The van der Waals surface area contributed by atoms with Crippen molar-refractivity contribution in [1.82, 2.24) is 10.2 Å². The van der Waals surface area contributed by atoms with Crippen LogP contribution >= 0.6 is 0 Å². The summed E-state index contributed by atoms with van der Waals surface area (Å²) in [5.41, 5.74) is 0.556. The van der Waals surface area contributed by atoms with Crippen LogP contribution in [0.25, 0.3) is 0 Å². The summed E-state index contributed by atoms with van der Waals surface area (Å²) in [4.78, 5) is 2.20. The smallest absolute Gasteiger partial charge is 0.131 e.